The standard InChI is InChI=1S/C12H11ClN2O4S2/c1-7-3-4-8(13)5-9(7)15-21(17,18)12-10(11(16)19-2)14-6-20-12/h3-6,15H,1-2H3. The molecule has 9 heteroatoms. The van der Waals surface area contributed by atoms with E-state index in [4.69, 9.17) is 11.6 Å². The number of hydrogen-bond acceptors (Lipinski definition) is 6. The minimum atomic E-state index is -3.95. The van der Waals surface area contributed by atoms with E-state index >= 15 is 0 Å². The third-order valence-electron chi connectivity index (χ3n) is 2.60. The van der Waals surface area contributed by atoms with Crippen LogP contribution in [0.2, 0.25) is 5.02 Å². The SMILES string of the molecule is COC(=O)c1ncsc1S(=O)(=O)Nc1cc(Cl)ccc1C. The molecule has 0 fully saturated rings. The summed E-state index contributed by atoms with van der Waals surface area (Å²) in [4.78, 5) is 15.3. The van der Waals surface area contributed by atoms with Crippen molar-refractivity contribution in [1.82, 2.24) is 4.98 Å². The quantitative estimate of drug-likeness (QED) is 0.860. The van der Waals surface area contributed by atoms with Gasteiger partial charge in [0, 0.05) is 5.02 Å². The number of aryl methyl sites for hydroxylation is 1. The van der Waals surface area contributed by atoms with E-state index in [0.717, 1.165) is 18.4 Å². The Morgan fingerprint density at radius 1 is 1.43 bits per heavy atom. The van der Waals surface area contributed by atoms with E-state index in [0.29, 0.717) is 16.3 Å². The maximum atomic E-state index is 12.4. The van der Waals surface area contributed by atoms with Gasteiger partial charge < -0.3 is 4.74 Å². The van der Waals surface area contributed by atoms with Gasteiger partial charge in [0.15, 0.2) is 9.90 Å². The van der Waals surface area contributed by atoms with E-state index in [-0.39, 0.29) is 9.90 Å². The first kappa shape index (κ1) is 15.7. The fourth-order valence-corrected chi connectivity index (χ4v) is 3.98. The first-order chi connectivity index (χ1) is 9.85. The van der Waals surface area contributed by atoms with Crippen LogP contribution in [-0.4, -0.2) is 26.5 Å². The highest BCUT2D eigenvalue weighted by atomic mass is 35.5. The monoisotopic (exact) mass is 346 g/mol. The third-order valence-corrected chi connectivity index (χ3v) is 5.57. The largest absolute Gasteiger partial charge is 0.464 e. The minimum Gasteiger partial charge on any atom is -0.464 e. The summed E-state index contributed by atoms with van der Waals surface area (Å²) in [6.07, 6.45) is 0. The Hall–Kier alpha value is -1.64. The number of sulfonamides is 1. The average molecular weight is 347 g/mol. The summed E-state index contributed by atoms with van der Waals surface area (Å²) in [5.74, 6) is -0.806. The topological polar surface area (TPSA) is 85.4 Å². The van der Waals surface area contributed by atoms with Gasteiger partial charge in [-0.25, -0.2) is 18.2 Å². The number of halogens is 1. The molecule has 0 bridgehead atoms. The van der Waals surface area contributed by atoms with Crippen molar-refractivity contribution >= 4 is 44.6 Å². The van der Waals surface area contributed by atoms with Crippen LogP contribution in [0, 0.1) is 6.92 Å². The Bertz CT molecular complexity index is 786. The van der Waals surface area contributed by atoms with Crippen LogP contribution in [-0.2, 0) is 14.8 Å². The first-order valence-corrected chi connectivity index (χ1v) is 8.40. The highest BCUT2D eigenvalue weighted by Crippen LogP contribution is 2.27. The number of esters is 1. The Kier molecular flexibility index (Phi) is 4.50. The molecule has 0 unspecified atom stereocenters. The molecule has 1 N–H and O–H groups in total. The molecule has 0 saturated heterocycles. The normalized spacial score (nSPS) is 11.2. The van der Waals surface area contributed by atoms with Crippen LogP contribution >= 0.6 is 22.9 Å². The van der Waals surface area contributed by atoms with Crippen molar-refractivity contribution in [2.45, 2.75) is 11.1 Å². The summed E-state index contributed by atoms with van der Waals surface area (Å²) in [6, 6.07) is 4.84. The fraction of sp³-hybridized carbons (Fsp3) is 0.167. The molecule has 0 spiro atoms. The van der Waals surface area contributed by atoms with E-state index in [1.165, 1.54) is 11.6 Å². The molecule has 2 rings (SSSR count). The molecule has 21 heavy (non-hydrogen) atoms. The smallest absolute Gasteiger partial charge is 0.358 e. The minimum absolute atomic E-state index is 0.200. The van der Waals surface area contributed by atoms with Crippen molar-refractivity contribution in [3.05, 3.63) is 40.0 Å². The van der Waals surface area contributed by atoms with Crippen LogP contribution < -0.4 is 4.72 Å². The Morgan fingerprint density at radius 2 is 2.14 bits per heavy atom. The van der Waals surface area contributed by atoms with Gasteiger partial charge in [0.05, 0.1) is 18.3 Å². The molecule has 0 aliphatic rings. The van der Waals surface area contributed by atoms with E-state index in [2.05, 4.69) is 14.4 Å². The third kappa shape index (κ3) is 3.34. The Morgan fingerprint density at radius 3 is 2.81 bits per heavy atom. The van der Waals surface area contributed by atoms with E-state index in [9.17, 15) is 13.2 Å². The van der Waals surface area contributed by atoms with E-state index in [1.807, 2.05) is 0 Å². The Balaban J connectivity index is 2.42. The number of hydrogen-bond donors (Lipinski definition) is 1. The zero-order valence-corrected chi connectivity index (χ0v) is 13.5. The van der Waals surface area contributed by atoms with Crippen LogP contribution in [0.25, 0.3) is 0 Å². The molecule has 0 aliphatic heterocycles. The summed E-state index contributed by atoms with van der Waals surface area (Å²) in [5, 5.41) is 0.399. The summed E-state index contributed by atoms with van der Waals surface area (Å²) in [6.45, 7) is 1.74. The van der Waals surface area contributed by atoms with Crippen molar-refractivity contribution in [3.63, 3.8) is 0 Å². The molecule has 0 amide bonds. The second-order valence-electron chi connectivity index (χ2n) is 4.04. The predicted molar refractivity (Wildman–Crippen MR) is 80.5 cm³/mol. The zero-order valence-electron chi connectivity index (χ0n) is 11.1. The molecule has 1 aromatic carbocycles. The Labute approximate surface area is 130 Å². The molecule has 6 nitrogen and oxygen atoms in total. The van der Waals surface area contributed by atoms with Crippen LogP contribution in [0.3, 0.4) is 0 Å². The maximum Gasteiger partial charge on any atom is 0.358 e. The van der Waals surface area contributed by atoms with Crippen molar-refractivity contribution in [2.75, 3.05) is 11.8 Å². The molecule has 1 aromatic heterocycles. The number of carbonyl (C=O) groups is 1. The van der Waals surface area contributed by atoms with Crippen LogP contribution in [0.1, 0.15) is 16.1 Å². The molecule has 0 radical (unpaired) electrons. The van der Waals surface area contributed by atoms with E-state index in [1.54, 1.807) is 19.1 Å². The highest BCUT2D eigenvalue weighted by molar-refractivity contribution is 7.94. The second-order valence-corrected chi connectivity index (χ2v) is 7.21. The summed E-state index contributed by atoms with van der Waals surface area (Å²) >= 11 is 6.69. The van der Waals surface area contributed by atoms with Crippen molar-refractivity contribution in [1.29, 1.82) is 0 Å². The average Bonchev–Trinajstić information content (AvgIpc) is 2.92. The second kappa shape index (κ2) is 6.00. The van der Waals surface area contributed by atoms with E-state index < -0.39 is 16.0 Å². The number of thiazole rings is 1. The lowest BCUT2D eigenvalue weighted by Crippen LogP contribution is -2.16. The van der Waals surface area contributed by atoms with Gasteiger partial charge in [0.25, 0.3) is 10.0 Å². The lowest BCUT2D eigenvalue weighted by molar-refractivity contribution is 0.0590. The van der Waals surface area contributed by atoms with Gasteiger partial charge >= 0.3 is 5.97 Å². The number of methoxy groups -OCH3 is 1. The van der Waals surface area contributed by atoms with Crippen molar-refractivity contribution < 1.29 is 17.9 Å². The van der Waals surface area contributed by atoms with Gasteiger partial charge in [0.1, 0.15) is 0 Å². The molecule has 0 saturated carbocycles. The van der Waals surface area contributed by atoms with Crippen LogP contribution in [0.5, 0.6) is 0 Å². The summed E-state index contributed by atoms with van der Waals surface area (Å²) in [7, 11) is -2.79. The van der Waals surface area contributed by atoms with Gasteiger partial charge in [-0.1, -0.05) is 17.7 Å². The maximum absolute atomic E-state index is 12.4. The number of ether oxygens (including phenoxy) is 1. The lowest BCUT2D eigenvalue weighted by atomic mass is 10.2. The predicted octanol–water partition coefficient (Wildman–Crippen LogP) is 2.69. The first-order valence-electron chi connectivity index (χ1n) is 5.66. The molecule has 1 heterocycles. The number of nitrogens with zero attached hydrogens (tertiary/aromatic N) is 1. The number of anilines is 1. The zero-order chi connectivity index (χ0) is 15.6. The molecule has 112 valence electrons. The van der Waals surface area contributed by atoms with Gasteiger partial charge in [-0.3, -0.25) is 4.72 Å². The van der Waals surface area contributed by atoms with Gasteiger partial charge in [-0.05, 0) is 24.6 Å². The number of benzene rings is 1. The van der Waals surface area contributed by atoms with Crippen LogP contribution in [0.15, 0.2) is 27.9 Å². The van der Waals surface area contributed by atoms with Gasteiger partial charge in [-0.2, -0.15) is 0 Å². The number of aromatic nitrogens is 1. The molecular weight excluding hydrogens is 336 g/mol. The number of nitrogens with one attached hydrogen (secondary N) is 1. The van der Waals surface area contributed by atoms with Crippen LogP contribution in [0.4, 0.5) is 5.69 Å². The summed E-state index contributed by atoms with van der Waals surface area (Å²) < 4.78 is 31.5. The summed E-state index contributed by atoms with van der Waals surface area (Å²) in [5.41, 5.74) is 2.07. The van der Waals surface area contributed by atoms with Gasteiger partial charge in [-0.15, -0.1) is 11.3 Å². The lowest BCUT2D eigenvalue weighted by Gasteiger charge is -2.10. The molecular formula is C12H11ClN2O4S2. The number of carbonyl (C=O) groups excluding carboxylic acids is 1. The van der Waals surface area contributed by atoms with Gasteiger partial charge in [0.2, 0.25) is 0 Å². The van der Waals surface area contributed by atoms with Crippen molar-refractivity contribution in [3.8, 4) is 0 Å². The molecule has 0 atom stereocenters. The fourth-order valence-electron chi connectivity index (χ4n) is 1.55. The number of rotatable bonds is 4. The van der Waals surface area contributed by atoms with Crippen molar-refractivity contribution in [2.24, 2.45) is 0 Å². The molecule has 0 aliphatic carbocycles. The highest BCUT2D eigenvalue weighted by Gasteiger charge is 2.27. The molecule has 2 aromatic rings.